The second-order valence-corrected chi connectivity index (χ2v) is 6.35. The van der Waals surface area contributed by atoms with Crippen molar-refractivity contribution in [2.75, 3.05) is 6.61 Å². The third-order valence-corrected chi connectivity index (χ3v) is 5.00. The molecule has 0 radical (unpaired) electrons. The third kappa shape index (κ3) is 2.02. The van der Waals surface area contributed by atoms with Crippen molar-refractivity contribution in [3.05, 3.63) is 0 Å². The molecule has 1 heterocycles. The maximum absolute atomic E-state index is 6.15. The summed E-state index contributed by atoms with van der Waals surface area (Å²) in [6.07, 6.45) is 11.3. The van der Waals surface area contributed by atoms with Gasteiger partial charge in [0.1, 0.15) is 0 Å². The first-order chi connectivity index (χ1) is 7.77. The van der Waals surface area contributed by atoms with Gasteiger partial charge >= 0.3 is 0 Å². The SMILES string of the molecule is CC1CCC2(CC1)COC1CCCCC1N2. The molecular formula is C14H25NO. The summed E-state index contributed by atoms with van der Waals surface area (Å²) in [7, 11) is 0. The van der Waals surface area contributed by atoms with E-state index in [2.05, 4.69) is 12.2 Å². The number of hydrogen-bond acceptors (Lipinski definition) is 2. The van der Waals surface area contributed by atoms with Gasteiger partial charge in [0.15, 0.2) is 0 Å². The summed E-state index contributed by atoms with van der Waals surface area (Å²) in [5.41, 5.74) is 0.352. The van der Waals surface area contributed by atoms with Crippen LogP contribution >= 0.6 is 0 Å². The molecule has 0 aromatic rings. The van der Waals surface area contributed by atoms with E-state index in [1.807, 2.05) is 0 Å². The molecule has 0 bridgehead atoms. The van der Waals surface area contributed by atoms with E-state index in [4.69, 9.17) is 4.74 Å². The molecule has 2 heteroatoms. The molecule has 3 rings (SSSR count). The zero-order valence-corrected chi connectivity index (χ0v) is 10.5. The van der Waals surface area contributed by atoms with Crippen LogP contribution in [-0.4, -0.2) is 24.3 Å². The Morgan fingerprint density at radius 1 is 1.06 bits per heavy atom. The van der Waals surface area contributed by atoms with E-state index in [-0.39, 0.29) is 0 Å². The Morgan fingerprint density at radius 3 is 2.62 bits per heavy atom. The van der Waals surface area contributed by atoms with Gasteiger partial charge in [-0.05, 0) is 44.4 Å². The fourth-order valence-corrected chi connectivity index (χ4v) is 3.77. The van der Waals surface area contributed by atoms with E-state index in [0.29, 0.717) is 17.7 Å². The lowest BCUT2D eigenvalue weighted by molar-refractivity contribution is -0.0900. The maximum Gasteiger partial charge on any atom is 0.0729 e. The van der Waals surface area contributed by atoms with Crippen LogP contribution in [0.1, 0.15) is 58.3 Å². The minimum atomic E-state index is 0.352. The highest BCUT2D eigenvalue weighted by Gasteiger charge is 2.43. The third-order valence-electron chi connectivity index (χ3n) is 5.00. The molecule has 2 aliphatic carbocycles. The molecule has 0 aromatic carbocycles. The van der Waals surface area contributed by atoms with Crippen LogP contribution < -0.4 is 5.32 Å². The smallest absolute Gasteiger partial charge is 0.0729 e. The predicted octanol–water partition coefficient (Wildman–Crippen LogP) is 2.87. The second kappa shape index (κ2) is 4.30. The van der Waals surface area contributed by atoms with Crippen molar-refractivity contribution in [2.24, 2.45) is 5.92 Å². The van der Waals surface area contributed by atoms with Crippen LogP contribution in [0.4, 0.5) is 0 Å². The van der Waals surface area contributed by atoms with Crippen LogP contribution in [0.15, 0.2) is 0 Å². The van der Waals surface area contributed by atoms with Gasteiger partial charge in [-0.1, -0.05) is 19.8 Å². The quantitative estimate of drug-likeness (QED) is 0.682. The number of ether oxygens (including phenoxy) is 1. The molecule has 1 aliphatic heterocycles. The topological polar surface area (TPSA) is 21.3 Å². The van der Waals surface area contributed by atoms with Crippen molar-refractivity contribution < 1.29 is 4.74 Å². The molecule has 2 atom stereocenters. The van der Waals surface area contributed by atoms with Crippen LogP contribution in [0.5, 0.6) is 0 Å². The van der Waals surface area contributed by atoms with E-state index in [1.165, 1.54) is 51.4 Å². The van der Waals surface area contributed by atoms with Gasteiger partial charge in [0.25, 0.3) is 0 Å². The fraction of sp³-hybridized carbons (Fsp3) is 1.00. The maximum atomic E-state index is 6.15. The monoisotopic (exact) mass is 223 g/mol. The first-order valence-corrected chi connectivity index (χ1v) is 7.17. The lowest BCUT2D eigenvalue weighted by atomic mass is 9.75. The Hall–Kier alpha value is -0.0800. The van der Waals surface area contributed by atoms with Gasteiger partial charge in [-0.3, -0.25) is 0 Å². The molecule has 3 aliphatic rings. The molecule has 2 saturated carbocycles. The molecular weight excluding hydrogens is 198 g/mol. The van der Waals surface area contributed by atoms with Gasteiger partial charge in [-0.15, -0.1) is 0 Å². The zero-order valence-electron chi connectivity index (χ0n) is 10.5. The average Bonchev–Trinajstić information content (AvgIpc) is 2.33. The Kier molecular flexibility index (Phi) is 2.97. The molecule has 2 unspecified atom stereocenters. The molecule has 0 aromatic heterocycles. The van der Waals surface area contributed by atoms with Gasteiger partial charge in [-0.25, -0.2) is 0 Å². The van der Waals surface area contributed by atoms with Crippen molar-refractivity contribution in [3.63, 3.8) is 0 Å². The van der Waals surface area contributed by atoms with Crippen molar-refractivity contribution in [1.82, 2.24) is 5.32 Å². The Labute approximate surface area is 99.1 Å². The summed E-state index contributed by atoms with van der Waals surface area (Å²) in [6, 6.07) is 0.663. The lowest BCUT2D eigenvalue weighted by Crippen LogP contribution is -2.64. The van der Waals surface area contributed by atoms with Crippen LogP contribution in [0.3, 0.4) is 0 Å². The van der Waals surface area contributed by atoms with Crippen LogP contribution in [0.25, 0.3) is 0 Å². The number of rotatable bonds is 0. The summed E-state index contributed by atoms with van der Waals surface area (Å²) in [4.78, 5) is 0. The Balaban J connectivity index is 1.65. The Morgan fingerprint density at radius 2 is 1.81 bits per heavy atom. The normalized spacial score (nSPS) is 48.9. The molecule has 1 saturated heterocycles. The number of hydrogen-bond donors (Lipinski definition) is 1. The van der Waals surface area contributed by atoms with Gasteiger partial charge in [0.2, 0.25) is 0 Å². The molecule has 1 spiro atoms. The number of morpholine rings is 1. The first kappa shape index (κ1) is 11.0. The van der Waals surface area contributed by atoms with Crippen LogP contribution in [0.2, 0.25) is 0 Å². The van der Waals surface area contributed by atoms with Gasteiger partial charge in [-0.2, -0.15) is 0 Å². The van der Waals surface area contributed by atoms with Crippen molar-refractivity contribution >= 4 is 0 Å². The summed E-state index contributed by atoms with van der Waals surface area (Å²) in [5.74, 6) is 0.927. The zero-order chi connectivity index (χ0) is 11.0. The Bertz CT molecular complexity index is 245. The first-order valence-electron chi connectivity index (χ1n) is 7.17. The highest BCUT2D eigenvalue weighted by molar-refractivity contribution is 5.00. The van der Waals surface area contributed by atoms with E-state index in [0.717, 1.165) is 12.5 Å². The average molecular weight is 223 g/mol. The van der Waals surface area contributed by atoms with Crippen molar-refractivity contribution in [2.45, 2.75) is 76.0 Å². The van der Waals surface area contributed by atoms with E-state index < -0.39 is 0 Å². The van der Waals surface area contributed by atoms with Crippen molar-refractivity contribution in [3.8, 4) is 0 Å². The summed E-state index contributed by atoms with van der Waals surface area (Å²) < 4.78 is 6.15. The molecule has 2 nitrogen and oxygen atoms in total. The van der Waals surface area contributed by atoms with E-state index in [9.17, 15) is 0 Å². The summed E-state index contributed by atoms with van der Waals surface area (Å²) >= 11 is 0. The standard InChI is InChI=1S/C14H25NO/c1-11-6-8-14(9-7-11)10-16-13-5-3-2-4-12(13)15-14/h11-13,15H,2-10H2,1H3. The van der Waals surface area contributed by atoms with Crippen molar-refractivity contribution in [1.29, 1.82) is 0 Å². The summed E-state index contributed by atoms with van der Waals surface area (Å²) in [5, 5.41) is 3.97. The van der Waals surface area contributed by atoms with E-state index >= 15 is 0 Å². The largest absolute Gasteiger partial charge is 0.375 e. The summed E-state index contributed by atoms with van der Waals surface area (Å²) in [6.45, 7) is 3.36. The molecule has 1 N–H and O–H groups in total. The fourth-order valence-electron chi connectivity index (χ4n) is 3.77. The number of nitrogens with one attached hydrogen (secondary N) is 1. The molecule has 16 heavy (non-hydrogen) atoms. The second-order valence-electron chi connectivity index (χ2n) is 6.35. The lowest BCUT2D eigenvalue weighted by Gasteiger charge is -2.50. The minimum absolute atomic E-state index is 0.352. The number of fused-ring (bicyclic) bond motifs is 1. The van der Waals surface area contributed by atoms with Gasteiger partial charge < -0.3 is 10.1 Å². The predicted molar refractivity (Wildman–Crippen MR) is 65.5 cm³/mol. The molecule has 3 fully saturated rings. The van der Waals surface area contributed by atoms with E-state index in [1.54, 1.807) is 0 Å². The highest BCUT2D eigenvalue weighted by atomic mass is 16.5. The highest BCUT2D eigenvalue weighted by Crippen LogP contribution is 2.37. The van der Waals surface area contributed by atoms with Crippen LogP contribution in [-0.2, 0) is 4.74 Å². The molecule has 92 valence electrons. The van der Waals surface area contributed by atoms with Gasteiger partial charge in [0.05, 0.1) is 12.7 Å². The molecule has 0 amide bonds. The van der Waals surface area contributed by atoms with Gasteiger partial charge in [0, 0.05) is 11.6 Å². The minimum Gasteiger partial charge on any atom is -0.375 e. The van der Waals surface area contributed by atoms with Crippen LogP contribution in [0, 0.1) is 5.92 Å².